The Kier molecular flexibility index (Phi) is 7.36. The Morgan fingerprint density at radius 2 is 1.33 bits per heavy atom. The Morgan fingerprint density at radius 3 is 2.08 bits per heavy atom. The summed E-state index contributed by atoms with van der Waals surface area (Å²) in [7, 11) is 0. The molecular formula is C30H22Cl2N4O3. The third-order valence-corrected chi connectivity index (χ3v) is 6.87. The molecule has 0 radical (unpaired) electrons. The molecule has 0 aliphatic carbocycles. The number of hydrogen-bond acceptors (Lipinski definition) is 5. The first-order valence-electron chi connectivity index (χ1n) is 12.0. The second-order valence-corrected chi connectivity index (χ2v) is 9.53. The van der Waals surface area contributed by atoms with Gasteiger partial charge in [-0.15, -0.1) is 0 Å². The number of nitrogens with one attached hydrogen (secondary N) is 3. The van der Waals surface area contributed by atoms with E-state index in [1.807, 2.05) is 42.5 Å². The van der Waals surface area contributed by atoms with Crippen molar-refractivity contribution >= 4 is 69.4 Å². The van der Waals surface area contributed by atoms with Gasteiger partial charge in [-0.3, -0.25) is 14.4 Å². The van der Waals surface area contributed by atoms with Gasteiger partial charge in [0.25, 0.3) is 17.7 Å². The summed E-state index contributed by atoms with van der Waals surface area (Å²) < 4.78 is 0. The molecule has 5 rings (SSSR count). The molecule has 39 heavy (non-hydrogen) atoms. The number of benzene rings is 4. The van der Waals surface area contributed by atoms with Crippen molar-refractivity contribution in [3.05, 3.63) is 124 Å². The number of nitrogens with zero attached hydrogens (tertiary/aromatic N) is 1. The summed E-state index contributed by atoms with van der Waals surface area (Å²) in [5.74, 6) is -1.62. The number of rotatable bonds is 7. The van der Waals surface area contributed by atoms with Crippen molar-refractivity contribution in [2.24, 2.45) is 0 Å². The van der Waals surface area contributed by atoms with Crippen LogP contribution in [0.4, 0.5) is 28.4 Å². The summed E-state index contributed by atoms with van der Waals surface area (Å²) in [6.45, 7) is 1.72. The number of anilines is 5. The molecule has 7 nitrogen and oxygen atoms in total. The van der Waals surface area contributed by atoms with Gasteiger partial charge in [0.2, 0.25) is 0 Å². The fourth-order valence-corrected chi connectivity index (χ4v) is 4.46. The summed E-state index contributed by atoms with van der Waals surface area (Å²) >= 11 is 12.5. The normalized spacial score (nSPS) is 13.1. The largest absolute Gasteiger partial charge is 0.356 e. The van der Waals surface area contributed by atoms with Gasteiger partial charge >= 0.3 is 0 Å². The van der Waals surface area contributed by atoms with Crippen LogP contribution < -0.4 is 20.9 Å². The fraction of sp³-hybridized carbons (Fsp3) is 0.0333. The molecule has 1 aliphatic rings. The first-order chi connectivity index (χ1) is 18.8. The standard InChI is InChI=1S/C30H22Cl2N4O3/c1-18-24(31)11-6-12-25(18)36-29(38)26(32)27(30(36)39)34-23-10-5-7-19(17-23)28(37)35-22-15-13-21(14-16-22)33-20-8-3-2-4-9-20/h2-17,33-34H,1H3,(H,35,37). The molecule has 4 aromatic carbocycles. The van der Waals surface area contributed by atoms with Crippen molar-refractivity contribution in [3.63, 3.8) is 0 Å². The van der Waals surface area contributed by atoms with Crippen molar-refractivity contribution in [3.8, 4) is 0 Å². The molecule has 0 aromatic heterocycles. The van der Waals surface area contributed by atoms with Crippen LogP contribution in [0.3, 0.4) is 0 Å². The predicted molar refractivity (Wildman–Crippen MR) is 156 cm³/mol. The van der Waals surface area contributed by atoms with Crippen LogP contribution in [-0.4, -0.2) is 17.7 Å². The molecule has 1 heterocycles. The zero-order chi connectivity index (χ0) is 27.5. The van der Waals surface area contributed by atoms with Gasteiger partial charge in [-0.1, -0.05) is 53.5 Å². The first kappa shape index (κ1) is 26.0. The van der Waals surface area contributed by atoms with E-state index in [1.165, 1.54) is 0 Å². The summed E-state index contributed by atoms with van der Waals surface area (Å²) in [4.78, 5) is 39.9. The Morgan fingerprint density at radius 1 is 0.692 bits per heavy atom. The van der Waals surface area contributed by atoms with E-state index in [0.29, 0.717) is 33.2 Å². The Hall–Kier alpha value is -4.59. The topological polar surface area (TPSA) is 90.5 Å². The molecule has 4 aromatic rings. The summed E-state index contributed by atoms with van der Waals surface area (Å²) in [6.07, 6.45) is 0. The lowest BCUT2D eigenvalue weighted by Crippen LogP contribution is -2.32. The third kappa shape index (κ3) is 5.50. The number of hydrogen-bond donors (Lipinski definition) is 3. The molecule has 0 fully saturated rings. The molecule has 0 atom stereocenters. The van der Waals surface area contributed by atoms with Gasteiger partial charge in [-0.25, -0.2) is 4.90 Å². The van der Waals surface area contributed by atoms with Crippen molar-refractivity contribution < 1.29 is 14.4 Å². The first-order valence-corrected chi connectivity index (χ1v) is 12.7. The smallest absolute Gasteiger partial charge is 0.283 e. The molecule has 1 aliphatic heterocycles. The van der Waals surface area contributed by atoms with E-state index in [1.54, 1.807) is 61.5 Å². The van der Waals surface area contributed by atoms with Crippen molar-refractivity contribution in [1.29, 1.82) is 0 Å². The number of para-hydroxylation sites is 1. The van der Waals surface area contributed by atoms with Crippen molar-refractivity contribution in [2.75, 3.05) is 20.9 Å². The summed E-state index contributed by atoms with van der Waals surface area (Å²) in [6, 6.07) is 28.6. The lowest BCUT2D eigenvalue weighted by Gasteiger charge is -2.18. The Balaban J connectivity index is 1.28. The van der Waals surface area contributed by atoms with Crippen LogP contribution in [0.25, 0.3) is 0 Å². The summed E-state index contributed by atoms with van der Waals surface area (Å²) in [5, 5.41) is 9.23. The van der Waals surface area contributed by atoms with Crippen LogP contribution >= 0.6 is 23.2 Å². The highest BCUT2D eigenvalue weighted by Crippen LogP contribution is 2.34. The van der Waals surface area contributed by atoms with E-state index in [9.17, 15) is 14.4 Å². The zero-order valence-electron chi connectivity index (χ0n) is 20.7. The predicted octanol–water partition coefficient (Wildman–Crippen LogP) is 7.08. The van der Waals surface area contributed by atoms with E-state index in [2.05, 4.69) is 16.0 Å². The Bertz CT molecular complexity index is 1620. The maximum atomic E-state index is 13.2. The monoisotopic (exact) mass is 556 g/mol. The molecular weight excluding hydrogens is 535 g/mol. The van der Waals surface area contributed by atoms with Crippen molar-refractivity contribution in [2.45, 2.75) is 6.92 Å². The highest BCUT2D eigenvalue weighted by Gasteiger charge is 2.39. The molecule has 0 saturated heterocycles. The van der Waals surface area contributed by atoms with Crippen LogP contribution in [0.5, 0.6) is 0 Å². The van der Waals surface area contributed by atoms with Crippen LogP contribution in [0, 0.1) is 6.92 Å². The van der Waals surface area contributed by atoms with Crippen LogP contribution in [-0.2, 0) is 9.59 Å². The maximum Gasteiger partial charge on any atom is 0.283 e. The maximum absolute atomic E-state index is 13.2. The van der Waals surface area contributed by atoms with Gasteiger partial charge in [0.15, 0.2) is 0 Å². The average molecular weight is 557 g/mol. The van der Waals surface area contributed by atoms with E-state index < -0.39 is 11.8 Å². The highest BCUT2D eigenvalue weighted by atomic mass is 35.5. The molecule has 0 spiro atoms. The van der Waals surface area contributed by atoms with Gasteiger partial charge in [0.1, 0.15) is 10.7 Å². The van der Waals surface area contributed by atoms with E-state index in [-0.39, 0.29) is 16.6 Å². The molecule has 0 saturated carbocycles. The van der Waals surface area contributed by atoms with E-state index >= 15 is 0 Å². The van der Waals surface area contributed by atoms with E-state index in [0.717, 1.165) is 16.3 Å². The molecule has 0 bridgehead atoms. The van der Waals surface area contributed by atoms with Crippen LogP contribution in [0.15, 0.2) is 108 Å². The molecule has 9 heteroatoms. The molecule has 3 N–H and O–H groups in total. The lowest BCUT2D eigenvalue weighted by molar-refractivity contribution is -0.120. The van der Waals surface area contributed by atoms with Gasteiger partial charge in [-0.2, -0.15) is 0 Å². The molecule has 194 valence electrons. The highest BCUT2D eigenvalue weighted by molar-refractivity contribution is 6.53. The number of carbonyl (C=O) groups is 3. The SMILES string of the molecule is Cc1c(Cl)cccc1N1C(=O)C(Cl)=C(Nc2cccc(C(=O)Nc3ccc(Nc4ccccc4)cc3)c2)C1=O. The zero-order valence-corrected chi connectivity index (χ0v) is 22.2. The lowest BCUT2D eigenvalue weighted by atomic mass is 10.1. The van der Waals surface area contributed by atoms with E-state index in [4.69, 9.17) is 23.2 Å². The minimum Gasteiger partial charge on any atom is -0.356 e. The van der Waals surface area contributed by atoms with Gasteiger partial charge in [0.05, 0.1) is 5.69 Å². The third-order valence-electron chi connectivity index (χ3n) is 6.11. The van der Waals surface area contributed by atoms with Crippen molar-refractivity contribution in [1.82, 2.24) is 0 Å². The van der Waals surface area contributed by atoms with Gasteiger partial charge in [-0.05, 0) is 79.2 Å². The number of imide groups is 1. The second kappa shape index (κ2) is 11.0. The molecule has 0 unspecified atom stereocenters. The fourth-order valence-electron chi connectivity index (χ4n) is 4.08. The minimum atomic E-state index is -0.659. The van der Waals surface area contributed by atoms with Crippen LogP contribution in [0.2, 0.25) is 5.02 Å². The van der Waals surface area contributed by atoms with Gasteiger partial charge < -0.3 is 16.0 Å². The number of halogens is 2. The number of carbonyl (C=O) groups excluding carboxylic acids is 3. The second-order valence-electron chi connectivity index (χ2n) is 8.75. The summed E-state index contributed by atoms with van der Waals surface area (Å²) in [5.41, 5.74) is 4.08. The van der Waals surface area contributed by atoms with Crippen LogP contribution in [0.1, 0.15) is 15.9 Å². The minimum absolute atomic E-state index is 0.0832. The Labute approximate surface area is 235 Å². The molecule has 3 amide bonds. The average Bonchev–Trinajstić information content (AvgIpc) is 3.15. The quantitative estimate of drug-likeness (QED) is 0.211. The number of amides is 3. The van der Waals surface area contributed by atoms with Gasteiger partial charge in [0, 0.05) is 33.3 Å².